The molecule has 4 heteroatoms. The van der Waals surface area contributed by atoms with Crippen LogP contribution in [0.5, 0.6) is 0 Å². The number of hydrogen-bond donors (Lipinski definition) is 0. The fourth-order valence-electron chi connectivity index (χ4n) is 1.53. The van der Waals surface area contributed by atoms with E-state index >= 15 is 0 Å². The number of methoxy groups -OCH3 is 1. The van der Waals surface area contributed by atoms with E-state index in [4.69, 9.17) is 14.5 Å². The van der Waals surface area contributed by atoms with Crippen LogP contribution >= 0.6 is 0 Å². The van der Waals surface area contributed by atoms with Gasteiger partial charge in [0.2, 0.25) is 0 Å². The van der Waals surface area contributed by atoms with E-state index in [1.54, 1.807) is 26.2 Å². The van der Waals surface area contributed by atoms with Crippen LogP contribution in [0.4, 0.5) is 0 Å². The maximum Gasteiger partial charge on any atom is 0.373 e. The zero-order valence-electron chi connectivity index (χ0n) is 11.1. The summed E-state index contributed by atoms with van der Waals surface area (Å²) < 4.78 is 4.87. The van der Waals surface area contributed by atoms with Gasteiger partial charge in [-0.05, 0) is 31.0 Å². The lowest BCUT2D eigenvalue weighted by Gasteiger charge is -2.10. The first-order valence-electron chi connectivity index (χ1n) is 6.13. The lowest BCUT2D eigenvalue weighted by molar-refractivity contribution is -0.276. The molecular formula is C14H20O4. The van der Waals surface area contributed by atoms with Crippen LogP contribution in [0.15, 0.2) is 24.3 Å². The van der Waals surface area contributed by atoms with Gasteiger partial charge in [-0.2, -0.15) is 4.89 Å². The Morgan fingerprint density at radius 2 is 1.94 bits per heavy atom. The summed E-state index contributed by atoms with van der Waals surface area (Å²) in [4.78, 5) is 21.3. The Morgan fingerprint density at radius 3 is 2.50 bits per heavy atom. The normalized spacial score (nSPS) is 12.2. The third-order valence-corrected chi connectivity index (χ3v) is 2.42. The van der Waals surface area contributed by atoms with Crippen LogP contribution in [-0.2, 0) is 20.9 Å². The minimum Gasteiger partial charge on any atom is -0.382 e. The first-order chi connectivity index (χ1) is 8.67. The van der Waals surface area contributed by atoms with E-state index in [1.165, 1.54) is 5.56 Å². The molecule has 0 fully saturated rings. The van der Waals surface area contributed by atoms with E-state index in [0.717, 1.165) is 12.8 Å². The summed E-state index contributed by atoms with van der Waals surface area (Å²) in [5.74, 6) is -0.485. The quantitative estimate of drug-likeness (QED) is 0.553. The van der Waals surface area contributed by atoms with Gasteiger partial charge in [0.25, 0.3) is 0 Å². The molecular weight excluding hydrogens is 232 g/mol. The van der Waals surface area contributed by atoms with Gasteiger partial charge in [-0.15, -0.1) is 0 Å². The van der Waals surface area contributed by atoms with Crippen LogP contribution < -0.4 is 0 Å². The van der Waals surface area contributed by atoms with Gasteiger partial charge in [-0.1, -0.05) is 25.5 Å². The number of rotatable bonds is 7. The summed E-state index contributed by atoms with van der Waals surface area (Å²) >= 11 is 0. The number of ether oxygens (including phenoxy) is 1. The van der Waals surface area contributed by atoms with Crippen molar-refractivity contribution in [3.8, 4) is 0 Å². The minimum atomic E-state index is -0.485. The van der Waals surface area contributed by atoms with E-state index in [9.17, 15) is 4.79 Å². The molecule has 0 aromatic heterocycles. The number of hydrogen-bond acceptors (Lipinski definition) is 4. The maximum absolute atomic E-state index is 11.6. The molecule has 0 saturated heterocycles. The van der Waals surface area contributed by atoms with Crippen molar-refractivity contribution in [3.05, 3.63) is 35.4 Å². The van der Waals surface area contributed by atoms with E-state index in [-0.39, 0.29) is 6.10 Å². The molecule has 0 spiro atoms. The van der Waals surface area contributed by atoms with Crippen molar-refractivity contribution in [3.63, 3.8) is 0 Å². The van der Waals surface area contributed by atoms with Crippen molar-refractivity contribution in [1.29, 1.82) is 0 Å². The van der Waals surface area contributed by atoms with Crippen LogP contribution in [0, 0.1) is 0 Å². The van der Waals surface area contributed by atoms with Crippen LogP contribution in [0.25, 0.3) is 0 Å². The molecule has 0 aliphatic rings. The molecule has 100 valence electrons. The number of aryl methyl sites for hydroxylation is 1. The molecule has 0 amide bonds. The predicted octanol–water partition coefficient (Wildman–Crippen LogP) is 2.76. The second-order valence-electron chi connectivity index (χ2n) is 4.18. The monoisotopic (exact) mass is 252 g/mol. The van der Waals surface area contributed by atoms with E-state index < -0.39 is 5.97 Å². The second-order valence-corrected chi connectivity index (χ2v) is 4.18. The van der Waals surface area contributed by atoms with Crippen molar-refractivity contribution in [2.24, 2.45) is 0 Å². The molecule has 0 aliphatic carbocycles. The Labute approximate surface area is 108 Å². The van der Waals surface area contributed by atoms with Gasteiger partial charge < -0.3 is 4.74 Å². The fourth-order valence-corrected chi connectivity index (χ4v) is 1.53. The molecule has 1 rings (SSSR count). The van der Waals surface area contributed by atoms with Gasteiger partial charge in [0.15, 0.2) is 0 Å². The van der Waals surface area contributed by atoms with E-state index in [0.29, 0.717) is 12.2 Å². The van der Waals surface area contributed by atoms with Gasteiger partial charge in [0, 0.05) is 7.11 Å². The third kappa shape index (κ3) is 4.85. The van der Waals surface area contributed by atoms with E-state index in [1.807, 2.05) is 12.1 Å². The Bertz CT molecular complexity index is 359. The number of carbonyl (C=O) groups is 1. The van der Waals surface area contributed by atoms with Gasteiger partial charge in [0.05, 0.1) is 12.2 Å². The minimum absolute atomic E-state index is 0.279. The zero-order valence-corrected chi connectivity index (χ0v) is 11.1. The largest absolute Gasteiger partial charge is 0.382 e. The number of carbonyl (C=O) groups excluding carboxylic acids is 1. The van der Waals surface area contributed by atoms with E-state index in [2.05, 4.69) is 6.92 Å². The zero-order chi connectivity index (χ0) is 13.4. The molecule has 0 bridgehead atoms. The average molecular weight is 252 g/mol. The molecule has 0 radical (unpaired) electrons. The standard InChI is InChI=1S/C14H20O4/c1-4-5-12-6-8-13(9-7-12)14(15)18-17-11(2)10-16-3/h6-9,11H,4-5,10H2,1-3H3. The topological polar surface area (TPSA) is 44.8 Å². The summed E-state index contributed by atoms with van der Waals surface area (Å²) in [7, 11) is 1.56. The smallest absolute Gasteiger partial charge is 0.373 e. The molecule has 0 heterocycles. The summed E-state index contributed by atoms with van der Waals surface area (Å²) in [6, 6.07) is 7.35. The maximum atomic E-state index is 11.6. The fraction of sp³-hybridized carbons (Fsp3) is 0.500. The summed E-state index contributed by atoms with van der Waals surface area (Å²) in [6.45, 7) is 4.26. The average Bonchev–Trinajstić information content (AvgIpc) is 2.37. The van der Waals surface area contributed by atoms with Gasteiger partial charge in [-0.25, -0.2) is 4.79 Å². The second kappa shape index (κ2) is 7.84. The van der Waals surface area contributed by atoms with Crippen molar-refractivity contribution >= 4 is 5.97 Å². The van der Waals surface area contributed by atoms with Gasteiger partial charge in [-0.3, -0.25) is 4.89 Å². The van der Waals surface area contributed by atoms with Crippen molar-refractivity contribution < 1.29 is 19.3 Å². The molecule has 1 unspecified atom stereocenters. The molecule has 0 aliphatic heterocycles. The van der Waals surface area contributed by atoms with Crippen LogP contribution in [0.1, 0.15) is 36.2 Å². The van der Waals surface area contributed by atoms with Gasteiger partial charge >= 0.3 is 5.97 Å². The summed E-state index contributed by atoms with van der Waals surface area (Å²) in [6.07, 6.45) is 1.82. The molecule has 0 N–H and O–H groups in total. The van der Waals surface area contributed by atoms with Crippen LogP contribution in [-0.4, -0.2) is 25.8 Å². The highest BCUT2D eigenvalue weighted by molar-refractivity contribution is 5.88. The molecule has 0 saturated carbocycles. The highest BCUT2D eigenvalue weighted by Crippen LogP contribution is 2.08. The number of benzene rings is 1. The molecule has 18 heavy (non-hydrogen) atoms. The Balaban J connectivity index is 2.46. The van der Waals surface area contributed by atoms with Gasteiger partial charge in [0.1, 0.15) is 6.10 Å². The Hall–Kier alpha value is -1.39. The first kappa shape index (κ1) is 14.7. The predicted molar refractivity (Wildman–Crippen MR) is 68.3 cm³/mol. The third-order valence-electron chi connectivity index (χ3n) is 2.42. The van der Waals surface area contributed by atoms with Crippen molar-refractivity contribution in [2.75, 3.05) is 13.7 Å². The molecule has 1 aromatic carbocycles. The highest BCUT2D eigenvalue weighted by Gasteiger charge is 2.11. The first-order valence-corrected chi connectivity index (χ1v) is 6.13. The molecule has 4 nitrogen and oxygen atoms in total. The SMILES string of the molecule is CCCc1ccc(C(=O)OOC(C)COC)cc1. The van der Waals surface area contributed by atoms with Crippen LogP contribution in [0.3, 0.4) is 0 Å². The lowest BCUT2D eigenvalue weighted by Crippen LogP contribution is -2.18. The van der Waals surface area contributed by atoms with Crippen molar-refractivity contribution in [2.45, 2.75) is 32.8 Å². The summed E-state index contributed by atoms with van der Waals surface area (Å²) in [5, 5.41) is 0. The molecule has 1 aromatic rings. The Kier molecular flexibility index (Phi) is 6.39. The lowest BCUT2D eigenvalue weighted by atomic mass is 10.1. The Morgan fingerprint density at radius 1 is 1.28 bits per heavy atom. The molecule has 1 atom stereocenters. The van der Waals surface area contributed by atoms with Crippen LogP contribution in [0.2, 0.25) is 0 Å². The highest BCUT2D eigenvalue weighted by atomic mass is 17.2. The van der Waals surface area contributed by atoms with Crippen molar-refractivity contribution in [1.82, 2.24) is 0 Å². The summed E-state index contributed by atoms with van der Waals surface area (Å²) in [5.41, 5.74) is 1.70.